The lowest BCUT2D eigenvalue weighted by atomic mass is 10.1. The van der Waals surface area contributed by atoms with Crippen LogP contribution in [0.5, 0.6) is 0 Å². The van der Waals surface area contributed by atoms with Crippen molar-refractivity contribution >= 4 is 27.5 Å². The predicted octanol–water partition coefficient (Wildman–Crippen LogP) is 4.46. The molecule has 1 N–H and O–H groups in total. The summed E-state index contributed by atoms with van der Waals surface area (Å²) >= 11 is 3.39. The maximum Gasteiger partial charge on any atom is 0.256 e. The van der Waals surface area contributed by atoms with Crippen LogP contribution in [-0.2, 0) is 0 Å². The number of nitrogens with one attached hydrogen (secondary N) is 1. The lowest BCUT2D eigenvalue weighted by Crippen LogP contribution is -2.14. The molecule has 0 spiro atoms. The first-order valence-corrected chi connectivity index (χ1v) is 6.61. The van der Waals surface area contributed by atoms with Gasteiger partial charge in [-0.05, 0) is 53.5 Å². The molecule has 2 rings (SSSR count). The second-order valence-corrected chi connectivity index (χ2v) is 5.10. The second-order valence-electron chi connectivity index (χ2n) is 4.30. The molecular weight excluding hydrogens is 309 g/mol. The summed E-state index contributed by atoms with van der Waals surface area (Å²) in [4.78, 5) is 12.2. The molecule has 0 bridgehead atoms. The van der Waals surface area contributed by atoms with Crippen LogP contribution in [-0.4, -0.2) is 5.91 Å². The van der Waals surface area contributed by atoms with Gasteiger partial charge < -0.3 is 5.32 Å². The van der Waals surface area contributed by atoms with Gasteiger partial charge in [0.05, 0.1) is 5.56 Å². The van der Waals surface area contributed by atoms with Gasteiger partial charge in [-0.25, -0.2) is 4.39 Å². The maximum absolute atomic E-state index is 13.4. The molecule has 4 heteroatoms. The minimum absolute atomic E-state index is 0.260. The van der Waals surface area contributed by atoms with Crippen LogP contribution < -0.4 is 5.32 Å². The van der Waals surface area contributed by atoms with Gasteiger partial charge in [-0.3, -0.25) is 4.79 Å². The molecule has 0 fully saturated rings. The van der Waals surface area contributed by atoms with E-state index in [4.69, 9.17) is 0 Å². The Hall–Kier alpha value is -1.68. The van der Waals surface area contributed by atoms with Gasteiger partial charge in [0.25, 0.3) is 5.91 Å². The number of aryl methyl sites for hydroxylation is 1. The first kappa shape index (κ1) is 13.7. The zero-order chi connectivity index (χ0) is 14.0. The largest absolute Gasteiger partial charge is 0.322 e. The number of hydrogen-bond donors (Lipinski definition) is 1. The molecule has 0 aromatic heterocycles. The first-order chi connectivity index (χ1) is 9.00. The maximum atomic E-state index is 13.4. The number of rotatable bonds is 2. The summed E-state index contributed by atoms with van der Waals surface area (Å²) in [7, 11) is 0. The van der Waals surface area contributed by atoms with Crippen molar-refractivity contribution in [2.24, 2.45) is 0 Å². The molecule has 19 heavy (non-hydrogen) atoms. The number of carbonyl (C=O) groups excluding carboxylic acids is 1. The van der Waals surface area contributed by atoms with E-state index >= 15 is 0 Å². The molecule has 0 aliphatic carbocycles. The Kier molecular flexibility index (Phi) is 4.00. The van der Waals surface area contributed by atoms with Crippen LogP contribution in [0.4, 0.5) is 10.1 Å². The second kappa shape index (κ2) is 5.53. The predicted molar refractivity (Wildman–Crippen MR) is 78.0 cm³/mol. The smallest absolute Gasteiger partial charge is 0.256 e. The Morgan fingerprint density at radius 1 is 1.16 bits per heavy atom. The third-order valence-corrected chi connectivity index (χ3v) is 4.00. The molecule has 2 aromatic rings. The van der Waals surface area contributed by atoms with Crippen molar-refractivity contribution in [2.75, 3.05) is 5.32 Å². The van der Waals surface area contributed by atoms with Crippen LogP contribution in [0.1, 0.15) is 21.5 Å². The highest BCUT2D eigenvalue weighted by Gasteiger charge is 2.13. The van der Waals surface area contributed by atoms with E-state index in [0.29, 0.717) is 16.8 Å². The van der Waals surface area contributed by atoms with E-state index in [9.17, 15) is 9.18 Å². The molecule has 0 aliphatic rings. The highest BCUT2D eigenvalue weighted by atomic mass is 79.9. The summed E-state index contributed by atoms with van der Waals surface area (Å²) in [6.45, 7) is 3.55. The van der Waals surface area contributed by atoms with Crippen molar-refractivity contribution in [3.05, 3.63) is 63.4 Å². The average molecular weight is 322 g/mol. The van der Waals surface area contributed by atoms with E-state index in [1.54, 1.807) is 25.1 Å². The van der Waals surface area contributed by atoms with Crippen molar-refractivity contribution in [3.63, 3.8) is 0 Å². The fourth-order valence-corrected chi connectivity index (χ4v) is 2.20. The molecule has 0 saturated heterocycles. The van der Waals surface area contributed by atoms with Crippen LogP contribution >= 0.6 is 15.9 Å². The summed E-state index contributed by atoms with van der Waals surface area (Å²) in [6, 6.07) is 10.1. The van der Waals surface area contributed by atoms with Crippen LogP contribution in [0.2, 0.25) is 0 Å². The van der Waals surface area contributed by atoms with Crippen LogP contribution in [0.25, 0.3) is 0 Å². The topological polar surface area (TPSA) is 29.1 Å². The van der Waals surface area contributed by atoms with Gasteiger partial charge in [-0.15, -0.1) is 0 Å². The Balaban J connectivity index is 2.31. The standard InChI is InChI=1S/C15H13BrFNO/c1-9-5-3-6-11(14(9)16)15(19)18-13-8-4-7-12(17)10(13)2/h3-8H,1-2H3,(H,18,19). The zero-order valence-electron chi connectivity index (χ0n) is 10.6. The van der Waals surface area contributed by atoms with Gasteiger partial charge in [-0.2, -0.15) is 0 Å². The molecule has 0 atom stereocenters. The minimum Gasteiger partial charge on any atom is -0.322 e. The number of halogens is 2. The summed E-state index contributed by atoms with van der Waals surface area (Å²) in [5.41, 5.74) is 2.42. The van der Waals surface area contributed by atoms with E-state index in [1.165, 1.54) is 6.07 Å². The van der Waals surface area contributed by atoms with E-state index < -0.39 is 0 Å². The van der Waals surface area contributed by atoms with Gasteiger partial charge in [0.1, 0.15) is 5.82 Å². The van der Waals surface area contributed by atoms with Crippen LogP contribution in [0, 0.1) is 19.7 Å². The Bertz CT molecular complexity index is 640. The zero-order valence-corrected chi connectivity index (χ0v) is 12.2. The van der Waals surface area contributed by atoms with Crippen LogP contribution in [0.3, 0.4) is 0 Å². The minimum atomic E-state index is -0.332. The number of carbonyl (C=O) groups is 1. The van der Waals surface area contributed by atoms with Crippen molar-refractivity contribution < 1.29 is 9.18 Å². The molecule has 0 aliphatic heterocycles. The van der Waals surface area contributed by atoms with E-state index in [-0.39, 0.29) is 11.7 Å². The lowest BCUT2D eigenvalue weighted by Gasteiger charge is -2.10. The van der Waals surface area contributed by atoms with Gasteiger partial charge in [0.2, 0.25) is 0 Å². The molecule has 2 nitrogen and oxygen atoms in total. The number of benzene rings is 2. The van der Waals surface area contributed by atoms with Crippen molar-refractivity contribution in [1.29, 1.82) is 0 Å². The first-order valence-electron chi connectivity index (χ1n) is 5.82. The normalized spacial score (nSPS) is 10.3. The molecule has 1 amide bonds. The SMILES string of the molecule is Cc1cccc(C(=O)Nc2cccc(F)c2C)c1Br. The fraction of sp³-hybridized carbons (Fsp3) is 0.133. The molecule has 0 heterocycles. The highest BCUT2D eigenvalue weighted by molar-refractivity contribution is 9.10. The van der Waals surface area contributed by atoms with Gasteiger partial charge >= 0.3 is 0 Å². The average Bonchev–Trinajstić information content (AvgIpc) is 2.38. The Labute approximate surface area is 119 Å². The molecule has 98 valence electrons. The van der Waals surface area contributed by atoms with Gasteiger partial charge in [-0.1, -0.05) is 18.2 Å². The number of amides is 1. The summed E-state index contributed by atoms with van der Waals surface area (Å²) in [5, 5.41) is 2.73. The lowest BCUT2D eigenvalue weighted by molar-refractivity contribution is 0.102. The van der Waals surface area contributed by atoms with Gasteiger partial charge in [0.15, 0.2) is 0 Å². The summed E-state index contributed by atoms with van der Waals surface area (Å²) < 4.78 is 14.2. The third-order valence-electron chi connectivity index (χ3n) is 2.95. The molecule has 0 unspecified atom stereocenters. The fourth-order valence-electron chi connectivity index (χ4n) is 1.76. The monoisotopic (exact) mass is 321 g/mol. The molecule has 0 saturated carbocycles. The van der Waals surface area contributed by atoms with Gasteiger partial charge in [0, 0.05) is 15.7 Å². The Morgan fingerprint density at radius 2 is 1.84 bits per heavy atom. The van der Waals surface area contributed by atoms with E-state index in [0.717, 1.165) is 10.0 Å². The van der Waals surface area contributed by atoms with Crippen molar-refractivity contribution in [1.82, 2.24) is 0 Å². The summed E-state index contributed by atoms with van der Waals surface area (Å²) in [6.07, 6.45) is 0. The quantitative estimate of drug-likeness (QED) is 0.869. The highest BCUT2D eigenvalue weighted by Crippen LogP contribution is 2.23. The van der Waals surface area contributed by atoms with E-state index in [2.05, 4.69) is 21.2 Å². The van der Waals surface area contributed by atoms with Crippen molar-refractivity contribution in [3.8, 4) is 0 Å². The number of hydrogen-bond acceptors (Lipinski definition) is 1. The third kappa shape index (κ3) is 2.84. The van der Waals surface area contributed by atoms with Crippen molar-refractivity contribution in [2.45, 2.75) is 13.8 Å². The number of anilines is 1. The summed E-state index contributed by atoms with van der Waals surface area (Å²) in [5.74, 6) is -0.592. The van der Waals surface area contributed by atoms with E-state index in [1.807, 2.05) is 19.1 Å². The molecule has 2 aromatic carbocycles. The van der Waals surface area contributed by atoms with Crippen LogP contribution in [0.15, 0.2) is 40.9 Å². The Morgan fingerprint density at radius 3 is 2.58 bits per heavy atom. The molecular formula is C15H13BrFNO. The molecule has 0 radical (unpaired) electrons.